The quantitative estimate of drug-likeness (QED) is 0.824. The number of aryl methyl sites for hydroxylation is 2. The van der Waals surface area contributed by atoms with Crippen LogP contribution >= 0.6 is 0 Å². The topological polar surface area (TPSA) is 47.3 Å². The van der Waals surface area contributed by atoms with Gasteiger partial charge in [-0.15, -0.1) is 0 Å². The highest BCUT2D eigenvalue weighted by molar-refractivity contribution is 5.74. The third-order valence-electron chi connectivity index (χ3n) is 3.64. The van der Waals surface area contributed by atoms with Crippen LogP contribution in [0.25, 0.3) is 0 Å². The molecule has 0 heterocycles. The largest absolute Gasteiger partial charge is 0.497 e. The third kappa shape index (κ3) is 2.36. The van der Waals surface area contributed by atoms with Crippen LogP contribution in [0.4, 0.5) is 17.1 Å². The van der Waals surface area contributed by atoms with Crippen molar-refractivity contribution in [2.24, 2.45) is 0 Å². The molecular formula is C16H18N2O. The molecule has 19 heavy (non-hydrogen) atoms. The Bertz CT molecular complexity index is 608. The molecule has 0 unspecified atom stereocenters. The summed E-state index contributed by atoms with van der Waals surface area (Å²) < 4.78 is 5.23. The van der Waals surface area contributed by atoms with Gasteiger partial charge in [-0.05, 0) is 54.7 Å². The van der Waals surface area contributed by atoms with Crippen LogP contribution in [0.1, 0.15) is 17.5 Å². The second-order valence-electron chi connectivity index (χ2n) is 4.92. The van der Waals surface area contributed by atoms with Crippen molar-refractivity contribution in [3.8, 4) is 5.75 Å². The number of rotatable bonds is 3. The molecule has 0 bridgehead atoms. The SMILES string of the molecule is COc1ccc(N)c(Nc2ccc3c(c2)CCC3)c1. The minimum absolute atomic E-state index is 0.723. The van der Waals surface area contributed by atoms with E-state index in [0.29, 0.717) is 0 Å². The summed E-state index contributed by atoms with van der Waals surface area (Å²) in [7, 11) is 1.66. The monoisotopic (exact) mass is 254 g/mol. The van der Waals surface area contributed by atoms with Gasteiger partial charge in [0.2, 0.25) is 0 Å². The molecule has 0 atom stereocenters. The number of ether oxygens (including phenoxy) is 1. The second kappa shape index (κ2) is 4.84. The number of fused-ring (bicyclic) bond motifs is 1. The fourth-order valence-electron chi connectivity index (χ4n) is 2.58. The van der Waals surface area contributed by atoms with Gasteiger partial charge in [0, 0.05) is 11.8 Å². The number of methoxy groups -OCH3 is 1. The normalized spacial score (nSPS) is 13.1. The molecule has 2 aromatic rings. The zero-order chi connectivity index (χ0) is 13.2. The molecular weight excluding hydrogens is 236 g/mol. The van der Waals surface area contributed by atoms with E-state index in [2.05, 4.69) is 23.5 Å². The lowest BCUT2D eigenvalue weighted by Crippen LogP contribution is -1.98. The van der Waals surface area contributed by atoms with Crippen molar-refractivity contribution in [2.75, 3.05) is 18.2 Å². The standard InChI is InChI=1S/C16H18N2O/c1-19-14-7-8-15(17)16(10-14)18-13-6-5-11-3-2-4-12(11)9-13/h5-10,18H,2-4,17H2,1H3. The van der Waals surface area contributed by atoms with Crippen molar-refractivity contribution in [1.29, 1.82) is 0 Å². The van der Waals surface area contributed by atoms with E-state index in [1.165, 1.54) is 30.4 Å². The van der Waals surface area contributed by atoms with E-state index in [1.807, 2.05) is 18.2 Å². The molecule has 0 spiro atoms. The first-order chi connectivity index (χ1) is 9.26. The van der Waals surface area contributed by atoms with Gasteiger partial charge < -0.3 is 15.8 Å². The summed E-state index contributed by atoms with van der Waals surface area (Å²) in [5, 5.41) is 3.37. The highest BCUT2D eigenvalue weighted by Crippen LogP contribution is 2.30. The summed E-state index contributed by atoms with van der Waals surface area (Å²) in [6, 6.07) is 12.2. The van der Waals surface area contributed by atoms with Crippen molar-refractivity contribution >= 4 is 17.1 Å². The molecule has 3 nitrogen and oxygen atoms in total. The van der Waals surface area contributed by atoms with Crippen LogP contribution < -0.4 is 15.8 Å². The molecule has 2 aromatic carbocycles. The van der Waals surface area contributed by atoms with Crippen molar-refractivity contribution < 1.29 is 4.74 Å². The summed E-state index contributed by atoms with van der Waals surface area (Å²) in [4.78, 5) is 0. The van der Waals surface area contributed by atoms with Crippen molar-refractivity contribution in [3.05, 3.63) is 47.5 Å². The smallest absolute Gasteiger partial charge is 0.121 e. The van der Waals surface area contributed by atoms with E-state index in [4.69, 9.17) is 10.5 Å². The van der Waals surface area contributed by atoms with Crippen molar-refractivity contribution in [1.82, 2.24) is 0 Å². The second-order valence-corrected chi connectivity index (χ2v) is 4.92. The van der Waals surface area contributed by atoms with E-state index in [0.717, 1.165) is 22.8 Å². The number of benzene rings is 2. The van der Waals surface area contributed by atoms with Crippen LogP contribution in [0.5, 0.6) is 5.75 Å². The Morgan fingerprint density at radius 3 is 2.74 bits per heavy atom. The van der Waals surface area contributed by atoms with Gasteiger partial charge in [0.1, 0.15) is 5.75 Å². The van der Waals surface area contributed by atoms with E-state index in [1.54, 1.807) is 7.11 Å². The molecule has 0 saturated heterocycles. The van der Waals surface area contributed by atoms with Crippen LogP contribution in [0.2, 0.25) is 0 Å². The summed E-state index contributed by atoms with van der Waals surface area (Å²) in [6.45, 7) is 0. The zero-order valence-corrected chi connectivity index (χ0v) is 11.1. The Labute approximate surface area is 113 Å². The van der Waals surface area contributed by atoms with E-state index in [9.17, 15) is 0 Å². The van der Waals surface area contributed by atoms with Crippen molar-refractivity contribution in [2.45, 2.75) is 19.3 Å². The van der Waals surface area contributed by atoms with E-state index < -0.39 is 0 Å². The lowest BCUT2D eigenvalue weighted by Gasteiger charge is -2.12. The highest BCUT2D eigenvalue weighted by atomic mass is 16.5. The first kappa shape index (κ1) is 11.9. The maximum Gasteiger partial charge on any atom is 0.121 e. The number of nitrogen functional groups attached to an aromatic ring is 1. The first-order valence-corrected chi connectivity index (χ1v) is 6.58. The molecule has 0 aliphatic heterocycles. The first-order valence-electron chi connectivity index (χ1n) is 6.58. The van der Waals surface area contributed by atoms with Gasteiger partial charge >= 0.3 is 0 Å². The van der Waals surface area contributed by atoms with Crippen LogP contribution in [-0.4, -0.2) is 7.11 Å². The summed E-state index contributed by atoms with van der Waals surface area (Å²) in [5.41, 5.74) is 11.6. The fraction of sp³-hybridized carbons (Fsp3) is 0.250. The number of nitrogens with one attached hydrogen (secondary N) is 1. The van der Waals surface area contributed by atoms with Crippen LogP contribution in [0.3, 0.4) is 0 Å². The minimum atomic E-state index is 0.723. The van der Waals surface area contributed by atoms with E-state index >= 15 is 0 Å². The van der Waals surface area contributed by atoms with Gasteiger partial charge in [0.15, 0.2) is 0 Å². The minimum Gasteiger partial charge on any atom is -0.497 e. The van der Waals surface area contributed by atoms with E-state index in [-0.39, 0.29) is 0 Å². The molecule has 3 heteroatoms. The average Bonchev–Trinajstić information content (AvgIpc) is 2.89. The molecule has 0 amide bonds. The predicted molar refractivity (Wildman–Crippen MR) is 79.2 cm³/mol. The number of hydrogen-bond donors (Lipinski definition) is 2. The molecule has 0 fully saturated rings. The van der Waals surface area contributed by atoms with Crippen LogP contribution in [0.15, 0.2) is 36.4 Å². The number of anilines is 3. The number of nitrogens with two attached hydrogens (primary N) is 1. The molecule has 3 rings (SSSR count). The highest BCUT2D eigenvalue weighted by Gasteiger charge is 2.11. The molecule has 0 aromatic heterocycles. The Morgan fingerprint density at radius 1 is 1.05 bits per heavy atom. The molecule has 0 radical (unpaired) electrons. The predicted octanol–water partition coefficient (Wildman–Crippen LogP) is 3.51. The molecule has 0 saturated carbocycles. The lowest BCUT2D eigenvalue weighted by atomic mass is 10.1. The number of hydrogen-bond acceptors (Lipinski definition) is 3. The Morgan fingerprint density at radius 2 is 1.89 bits per heavy atom. The summed E-state index contributed by atoms with van der Waals surface area (Å²) >= 11 is 0. The van der Waals surface area contributed by atoms with Gasteiger partial charge in [-0.25, -0.2) is 0 Å². The third-order valence-corrected chi connectivity index (χ3v) is 3.64. The van der Waals surface area contributed by atoms with Crippen LogP contribution in [-0.2, 0) is 12.8 Å². The van der Waals surface area contributed by atoms with Gasteiger partial charge in [-0.1, -0.05) is 6.07 Å². The molecule has 98 valence electrons. The van der Waals surface area contributed by atoms with Gasteiger partial charge in [0.05, 0.1) is 18.5 Å². The molecule has 1 aliphatic rings. The van der Waals surface area contributed by atoms with Crippen molar-refractivity contribution in [3.63, 3.8) is 0 Å². The fourth-order valence-corrected chi connectivity index (χ4v) is 2.58. The Kier molecular flexibility index (Phi) is 3.03. The zero-order valence-electron chi connectivity index (χ0n) is 11.1. The lowest BCUT2D eigenvalue weighted by molar-refractivity contribution is 0.415. The van der Waals surface area contributed by atoms with Gasteiger partial charge in [-0.2, -0.15) is 0 Å². The maximum atomic E-state index is 5.99. The summed E-state index contributed by atoms with van der Waals surface area (Å²) in [5.74, 6) is 0.804. The Hall–Kier alpha value is -2.16. The Balaban J connectivity index is 1.88. The maximum absolute atomic E-state index is 5.99. The summed E-state index contributed by atoms with van der Waals surface area (Å²) in [6.07, 6.45) is 3.65. The molecule has 3 N–H and O–H groups in total. The molecule has 1 aliphatic carbocycles. The van der Waals surface area contributed by atoms with Gasteiger partial charge in [0.25, 0.3) is 0 Å². The average molecular weight is 254 g/mol. The van der Waals surface area contributed by atoms with Crippen LogP contribution in [0, 0.1) is 0 Å². The van der Waals surface area contributed by atoms with Gasteiger partial charge in [-0.3, -0.25) is 0 Å².